The first-order valence-electron chi connectivity index (χ1n) is 4.27. The van der Waals surface area contributed by atoms with Gasteiger partial charge in [-0.3, -0.25) is 4.79 Å². The molecule has 76 valence electrons. The highest BCUT2D eigenvalue weighted by Crippen LogP contribution is 2.23. The quantitative estimate of drug-likeness (QED) is 0.621. The third-order valence-electron chi connectivity index (χ3n) is 2.29. The standard InChI is InChI=1S/C8H14FNO3/c1-6-3-7(10(2)5-11)4-8(12-6)13-9/h5-8H,3-4H2,1-2H3. The van der Waals surface area contributed by atoms with Gasteiger partial charge in [-0.25, -0.2) is 0 Å². The monoisotopic (exact) mass is 191 g/mol. The smallest absolute Gasteiger partial charge is 0.209 e. The molecule has 0 bridgehead atoms. The molecule has 1 fully saturated rings. The second-order valence-electron chi connectivity index (χ2n) is 3.36. The Hall–Kier alpha value is -0.680. The van der Waals surface area contributed by atoms with Gasteiger partial charge in [0.1, 0.15) is 0 Å². The number of hydrogen-bond donors (Lipinski definition) is 0. The Balaban J connectivity index is 2.51. The molecule has 1 saturated heterocycles. The molecule has 1 amide bonds. The predicted octanol–water partition coefficient (Wildman–Crippen LogP) is 0.869. The van der Waals surface area contributed by atoms with Crippen molar-refractivity contribution in [2.45, 2.75) is 38.2 Å². The lowest BCUT2D eigenvalue weighted by atomic mass is 10.0. The predicted molar refractivity (Wildman–Crippen MR) is 43.4 cm³/mol. The minimum Gasteiger partial charge on any atom is -0.346 e. The van der Waals surface area contributed by atoms with E-state index in [1.54, 1.807) is 7.05 Å². The summed E-state index contributed by atoms with van der Waals surface area (Å²) in [6.07, 6.45) is 0.918. The van der Waals surface area contributed by atoms with Crippen LogP contribution in [0.15, 0.2) is 0 Å². The fourth-order valence-electron chi connectivity index (χ4n) is 1.55. The fraction of sp³-hybridized carbons (Fsp3) is 0.875. The van der Waals surface area contributed by atoms with Crippen LogP contribution in [0, 0.1) is 0 Å². The maximum absolute atomic E-state index is 11.9. The van der Waals surface area contributed by atoms with Crippen LogP contribution in [-0.2, 0) is 14.5 Å². The van der Waals surface area contributed by atoms with Crippen molar-refractivity contribution in [1.29, 1.82) is 0 Å². The van der Waals surface area contributed by atoms with Crippen LogP contribution in [-0.4, -0.2) is 36.8 Å². The molecule has 13 heavy (non-hydrogen) atoms. The average molecular weight is 191 g/mol. The molecule has 0 radical (unpaired) electrons. The summed E-state index contributed by atoms with van der Waals surface area (Å²) in [7, 11) is 1.67. The van der Waals surface area contributed by atoms with Crippen LogP contribution >= 0.6 is 0 Å². The van der Waals surface area contributed by atoms with Crippen LogP contribution in [0.5, 0.6) is 0 Å². The zero-order chi connectivity index (χ0) is 9.84. The number of ether oxygens (including phenoxy) is 1. The summed E-state index contributed by atoms with van der Waals surface area (Å²) in [5.41, 5.74) is 0. The molecular weight excluding hydrogens is 177 g/mol. The minimum atomic E-state index is -0.837. The van der Waals surface area contributed by atoms with E-state index in [1.165, 1.54) is 4.90 Å². The van der Waals surface area contributed by atoms with E-state index in [9.17, 15) is 9.32 Å². The van der Waals surface area contributed by atoms with Crippen LogP contribution in [0.2, 0.25) is 0 Å². The molecule has 0 spiro atoms. The average Bonchev–Trinajstić information content (AvgIpc) is 2.15. The molecule has 1 heterocycles. The van der Waals surface area contributed by atoms with E-state index in [1.807, 2.05) is 6.92 Å². The first kappa shape index (κ1) is 10.4. The molecule has 3 unspecified atom stereocenters. The van der Waals surface area contributed by atoms with E-state index in [-0.39, 0.29) is 12.1 Å². The third-order valence-corrected chi connectivity index (χ3v) is 2.29. The summed E-state index contributed by atoms with van der Waals surface area (Å²) in [6.45, 7) is 1.83. The van der Waals surface area contributed by atoms with Crippen LogP contribution < -0.4 is 0 Å². The van der Waals surface area contributed by atoms with Crippen molar-refractivity contribution < 1.29 is 19.0 Å². The molecule has 0 aromatic carbocycles. The zero-order valence-electron chi connectivity index (χ0n) is 7.77. The SMILES string of the molecule is CC1CC(N(C)C=O)CC(OF)O1. The van der Waals surface area contributed by atoms with Gasteiger partial charge in [0.25, 0.3) is 0 Å². The highest BCUT2D eigenvalue weighted by molar-refractivity contribution is 5.47. The summed E-state index contributed by atoms with van der Waals surface area (Å²) in [4.78, 5) is 15.6. The van der Waals surface area contributed by atoms with E-state index < -0.39 is 6.29 Å². The van der Waals surface area contributed by atoms with Crippen molar-refractivity contribution in [2.24, 2.45) is 0 Å². The molecule has 1 aliphatic heterocycles. The Kier molecular flexibility index (Phi) is 3.62. The van der Waals surface area contributed by atoms with Crippen molar-refractivity contribution in [3.8, 4) is 0 Å². The molecular formula is C8H14FNO3. The van der Waals surface area contributed by atoms with Crippen molar-refractivity contribution in [2.75, 3.05) is 7.05 Å². The first-order valence-corrected chi connectivity index (χ1v) is 4.27. The number of carbonyl (C=O) groups is 1. The fourth-order valence-corrected chi connectivity index (χ4v) is 1.55. The van der Waals surface area contributed by atoms with Crippen LogP contribution in [0.1, 0.15) is 19.8 Å². The van der Waals surface area contributed by atoms with Crippen LogP contribution in [0.25, 0.3) is 0 Å². The van der Waals surface area contributed by atoms with Crippen molar-refractivity contribution >= 4 is 6.41 Å². The highest BCUT2D eigenvalue weighted by atomic mass is 19.3. The topological polar surface area (TPSA) is 38.8 Å². The second-order valence-corrected chi connectivity index (χ2v) is 3.36. The molecule has 0 N–H and O–H groups in total. The molecule has 4 nitrogen and oxygen atoms in total. The maximum Gasteiger partial charge on any atom is 0.209 e. The molecule has 5 heteroatoms. The molecule has 1 rings (SSSR count). The Morgan fingerprint density at radius 3 is 2.85 bits per heavy atom. The van der Waals surface area contributed by atoms with Crippen LogP contribution in [0.4, 0.5) is 4.53 Å². The summed E-state index contributed by atoms with van der Waals surface area (Å²) in [5.74, 6) is 0. The normalized spacial score (nSPS) is 34.2. The maximum atomic E-state index is 11.9. The molecule has 0 aromatic rings. The van der Waals surface area contributed by atoms with Gasteiger partial charge in [-0.2, -0.15) is 4.94 Å². The lowest BCUT2D eigenvalue weighted by molar-refractivity contribution is -0.303. The molecule has 0 saturated carbocycles. The van der Waals surface area contributed by atoms with Crippen molar-refractivity contribution in [3.63, 3.8) is 0 Å². The number of carbonyl (C=O) groups excluding carboxylic acids is 1. The van der Waals surface area contributed by atoms with E-state index >= 15 is 0 Å². The van der Waals surface area contributed by atoms with Gasteiger partial charge < -0.3 is 9.64 Å². The summed E-state index contributed by atoms with van der Waals surface area (Å²) in [5, 5.41) is 0. The number of hydrogen-bond acceptors (Lipinski definition) is 3. The van der Waals surface area contributed by atoms with E-state index in [0.29, 0.717) is 6.42 Å². The van der Waals surface area contributed by atoms with Gasteiger partial charge in [0.05, 0.1) is 6.10 Å². The number of nitrogens with zero attached hydrogens (tertiary/aromatic N) is 1. The minimum absolute atomic E-state index is 0.00185. The van der Waals surface area contributed by atoms with Crippen molar-refractivity contribution in [3.05, 3.63) is 0 Å². The van der Waals surface area contributed by atoms with Gasteiger partial charge in [-0.1, -0.05) is 0 Å². The second kappa shape index (κ2) is 4.53. The summed E-state index contributed by atoms with van der Waals surface area (Å²) < 4.78 is 17.0. The van der Waals surface area contributed by atoms with Gasteiger partial charge in [0, 0.05) is 19.5 Å². The Morgan fingerprint density at radius 1 is 1.62 bits per heavy atom. The van der Waals surface area contributed by atoms with Crippen molar-refractivity contribution in [1.82, 2.24) is 4.90 Å². The molecule has 0 aromatic heterocycles. The Morgan fingerprint density at radius 2 is 2.31 bits per heavy atom. The van der Waals surface area contributed by atoms with Gasteiger partial charge in [0.2, 0.25) is 6.41 Å². The number of halogens is 1. The summed E-state index contributed by atoms with van der Waals surface area (Å²) in [6, 6.07) is 0.00185. The summed E-state index contributed by atoms with van der Waals surface area (Å²) >= 11 is 0. The van der Waals surface area contributed by atoms with E-state index in [4.69, 9.17) is 4.74 Å². The molecule has 3 atom stereocenters. The highest BCUT2D eigenvalue weighted by Gasteiger charge is 2.30. The number of amides is 1. The van der Waals surface area contributed by atoms with Gasteiger partial charge in [-0.05, 0) is 17.9 Å². The van der Waals surface area contributed by atoms with Gasteiger partial charge in [0.15, 0.2) is 6.29 Å². The van der Waals surface area contributed by atoms with E-state index in [2.05, 4.69) is 4.94 Å². The molecule has 0 aliphatic carbocycles. The lowest BCUT2D eigenvalue weighted by Crippen LogP contribution is -2.42. The molecule has 1 aliphatic rings. The third kappa shape index (κ3) is 2.63. The lowest BCUT2D eigenvalue weighted by Gasteiger charge is -2.34. The van der Waals surface area contributed by atoms with Crippen LogP contribution in [0.3, 0.4) is 0 Å². The zero-order valence-corrected chi connectivity index (χ0v) is 7.77. The number of rotatable bonds is 3. The van der Waals surface area contributed by atoms with Gasteiger partial charge in [-0.15, -0.1) is 0 Å². The Bertz CT molecular complexity index is 179. The largest absolute Gasteiger partial charge is 0.346 e. The van der Waals surface area contributed by atoms with E-state index in [0.717, 1.165) is 12.8 Å². The van der Waals surface area contributed by atoms with Gasteiger partial charge >= 0.3 is 0 Å². The Labute approximate surface area is 76.5 Å². The first-order chi connectivity index (χ1) is 6.17.